The lowest BCUT2D eigenvalue weighted by Gasteiger charge is -2.28. The normalized spacial score (nSPS) is 21.1. The van der Waals surface area contributed by atoms with E-state index in [4.69, 9.17) is 0 Å². The Bertz CT molecular complexity index is 607. The van der Waals surface area contributed by atoms with Crippen LogP contribution in [-0.2, 0) is 11.8 Å². The van der Waals surface area contributed by atoms with Gasteiger partial charge in [0.15, 0.2) is 0 Å². The lowest BCUT2D eigenvalue weighted by molar-refractivity contribution is 0.519. The minimum absolute atomic E-state index is 0.201. The van der Waals surface area contributed by atoms with E-state index in [9.17, 15) is 0 Å². The maximum Gasteiger partial charge on any atom is 0.0143 e. The first kappa shape index (κ1) is 12.2. The highest BCUT2D eigenvalue weighted by molar-refractivity contribution is 5.68. The first-order valence-corrected chi connectivity index (χ1v) is 7.02. The van der Waals surface area contributed by atoms with Gasteiger partial charge in [-0.15, -0.1) is 0 Å². The highest BCUT2D eigenvalue weighted by Crippen LogP contribution is 2.44. The van der Waals surface area contributed by atoms with Gasteiger partial charge in [-0.3, -0.25) is 0 Å². The highest BCUT2D eigenvalue weighted by atomic mass is 14.4. The molecule has 0 nitrogen and oxygen atoms in total. The second kappa shape index (κ2) is 4.70. The summed E-state index contributed by atoms with van der Waals surface area (Å²) in [4.78, 5) is 0. The standard InChI is InChI=1S/C19H20/c1-15-14-17-10-6-7-11-18(17)19(15,2)13-12-16-8-4-3-5-9-16/h3-11,14H,12-13H2,1-2H3/t19-/m1/s1. The third-order valence-electron chi connectivity index (χ3n) is 4.55. The molecule has 0 spiro atoms. The van der Waals surface area contributed by atoms with Crippen LogP contribution >= 0.6 is 0 Å². The Balaban J connectivity index is 1.86. The van der Waals surface area contributed by atoms with Crippen LogP contribution in [0.2, 0.25) is 0 Å². The molecular weight excluding hydrogens is 228 g/mol. The average Bonchev–Trinajstić information content (AvgIpc) is 2.71. The van der Waals surface area contributed by atoms with Crippen molar-refractivity contribution in [3.05, 3.63) is 76.9 Å². The first-order chi connectivity index (χ1) is 9.20. The average molecular weight is 248 g/mol. The molecule has 1 atom stereocenters. The summed E-state index contributed by atoms with van der Waals surface area (Å²) in [5.41, 5.74) is 6.01. The van der Waals surface area contributed by atoms with Crippen LogP contribution in [0.25, 0.3) is 6.08 Å². The van der Waals surface area contributed by atoms with Crippen molar-refractivity contribution < 1.29 is 0 Å². The van der Waals surface area contributed by atoms with Crippen molar-refractivity contribution >= 4 is 6.08 Å². The van der Waals surface area contributed by atoms with Crippen LogP contribution < -0.4 is 0 Å². The molecule has 0 heterocycles. The van der Waals surface area contributed by atoms with Gasteiger partial charge < -0.3 is 0 Å². The fraction of sp³-hybridized carbons (Fsp3) is 0.263. The maximum atomic E-state index is 2.38. The number of hydrogen-bond donors (Lipinski definition) is 0. The van der Waals surface area contributed by atoms with E-state index < -0.39 is 0 Å². The van der Waals surface area contributed by atoms with Gasteiger partial charge in [-0.1, -0.05) is 73.2 Å². The molecule has 0 saturated carbocycles. The number of rotatable bonds is 3. The van der Waals surface area contributed by atoms with Gasteiger partial charge in [0.05, 0.1) is 0 Å². The summed E-state index contributed by atoms with van der Waals surface area (Å²) in [6, 6.07) is 19.6. The van der Waals surface area contributed by atoms with Crippen molar-refractivity contribution in [1.82, 2.24) is 0 Å². The molecular formula is C19H20. The largest absolute Gasteiger partial charge is 0.0624 e. The topological polar surface area (TPSA) is 0 Å². The van der Waals surface area contributed by atoms with Crippen LogP contribution in [0.5, 0.6) is 0 Å². The second-order valence-electron chi connectivity index (χ2n) is 5.73. The molecule has 0 fully saturated rings. The SMILES string of the molecule is CC1=Cc2ccccc2[C@]1(C)CCc1ccccc1. The predicted molar refractivity (Wildman–Crippen MR) is 82.2 cm³/mol. The summed E-state index contributed by atoms with van der Waals surface area (Å²) in [6.45, 7) is 4.65. The molecule has 0 aliphatic heterocycles. The zero-order valence-corrected chi connectivity index (χ0v) is 11.7. The zero-order chi connectivity index (χ0) is 13.3. The van der Waals surface area contributed by atoms with Crippen molar-refractivity contribution in [2.75, 3.05) is 0 Å². The smallest absolute Gasteiger partial charge is 0.0143 e. The van der Waals surface area contributed by atoms with Crippen molar-refractivity contribution in [2.24, 2.45) is 0 Å². The monoisotopic (exact) mass is 248 g/mol. The molecule has 1 aliphatic rings. The lowest BCUT2D eigenvalue weighted by atomic mass is 9.75. The highest BCUT2D eigenvalue weighted by Gasteiger charge is 2.33. The van der Waals surface area contributed by atoms with Gasteiger partial charge in [0.1, 0.15) is 0 Å². The summed E-state index contributed by atoms with van der Waals surface area (Å²) in [5, 5.41) is 0. The molecule has 0 N–H and O–H groups in total. The van der Waals surface area contributed by atoms with E-state index in [0.717, 1.165) is 6.42 Å². The fourth-order valence-corrected chi connectivity index (χ4v) is 3.10. The molecule has 19 heavy (non-hydrogen) atoms. The maximum absolute atomic E-state index is 2.38. The third-order valence-corrected chi connectivity index (χ3v) is 4.55. The van der Waals surface area contributed by atoms with Gasteiger partial charge in [0, 0.05) is 5.41 Å². The van der Waals surface area contributed by atoms with Crippen LogP contribution in [0.15, 0.2) is 60.2 Å². The van der Waals surface area contributed by atoms with Crippen LogP contribution in [0.3, 0.4) is 0 Å². The molecule has 1 aliphatic carbocycles. The number of allylic oxidation sites excluding steroid dienone is 1. The van der Waals surface area contributed by atoms with Crippen LogP contribution in [0.4, 0.5) is 0 Å². The Hall–Kier alpha value is -1.82. The van der Waals surface area contributed by atoms with Gasteiger partial charge in [0.25, 0.3) is 0 Å². The van der Waals surface area contributed by atoms with E-state index in [1.807, 2.05) is 0 Å². The second-order valence-corrected chi connectivity index (χ2v) is 5.73. The molecule has 3 rings (SSSR count). The minimum Gasteiger partial charge on any atom is -0.0624 e. The van der Waals surface area contributed by atoms with E-state index in [-0.39, 0.29) is 5.41 Å². The summed E-state index contributed by atoms with van der Waals surface area (Å²) >= 11 is 0. The van der Waals surface area contributed by atoms with E-state index in [1.54, 1.807) is 0 Å². The molecule has 0 aromatic heterocycles. The number of hydrogen-bond acceptors (Lipinski definition) is 0. The Morgan fingerprint density at radius 1 is 0.895 bits per heavy atom. The Morgan fingerprint density at radius 3 is 2.37 bits per heavy atom. The predicted octanol–water partition coefficient (Wildman–Crippen LogP) is 4.99. The molecule has 96 valence electrons. The Morgan fingerprint density at radius 2 is 1.58 bits per heavy atom. The van der Waals surface area contributed by atoms with Crippen LogP contribution in [0, 0.1) is 0 Å². The van der Waals surface area contributed by atoms with Crippen molar-refractivity contribution in [3.8, 4) is 0 Å². The zero-order valence-electron chi connectivity index (χ0n) is 11.7. The first-order valence-electron chi connectivity index (χ1n) is 7.02. The van der Waals surface area contributed by atoms with E-state index in [0.29, 0.717) is 0 Å². The molecule has 2 aromatic carbocycles. The summed E-state index contributed by atoms with van der Waals surface area (Å²) in [6.07, 6.45) is 4.66. The summed E-state index contributed by atoms with van der Waals surface area (Å²) in [5.74, 6) is 0. The lowest BCUT2D eigenvalue weighted by Crippen LogP contribution is -2.21. The Labute approximate surface area is 115 Å². The number of benzene rings is 2. The fourth-order valence-electron chi connectivity index (χ4n) is 3.10. The van der Waals surface area contributed by atoms with Crippen LogP contribution in [-0.4, -0.2) is 0 Å². The van der Waals surface area contributed by atoms with Gasteiger partial charge in [-0.05, 0) is 36.5 Å². The summed E-state index contributed by atoms with van der Waals surface area (Å²) < 4.78 is 0. The Kier molecular flexibility index (Phi) is 3.02. The molecule has 2 aromatic rings. The molecule has 0 bridgehead atoms. The number of fused-ring (bicyclic) bond motifs is 1. The van der Waals surface area contributed by atoms with Crippen molar-refractivity contribution in [3.63, 3.8) is 0 Å². The van der Waals surface area contributed by atoms with E-state index in [1.165, 1.54) is 28.7 Å². The van der Waals surface area contributed by atoms with Gasteiger partial charge in [-0.25, -0.2) is 0 Å². The number of aryl methyl sites for hydroxylation is 1. The minimum atomic E-state index is 0.201. The molecule has 0 radical (unpaired) electrons. The van der Waals surface area contributed by atoms with Crippen molar-refractivity contribution in [2.45, 2.75) is 32.1 Å². The van der Waals surface area contributed by atoms with E-state index >= 15 is 0 Å². The molecule has 0 heteroatoms. The van der Waals surface area contributed by atoms with Gasteiger partial charge in [0.2, 0.25) is 0 Å². The van der Waals surface area contributed by atoms with Gasteiger partial charge in [-0.2, -0.15) is 0 Å². The molecule has 0 unspecified atom stereocenters. The molecule has 0 amide bonds. The van der Waals surface area contributed by atoms with Crippen LogP contribution in [0.1, 0.15) is 37.0 Å². The summed E-state index contributed by atoms with van der Waals surface area (Å²) in [7, 11) is 0. The third kappa shape index (κ3) is 2.12. The quantitative estimate of drug-likeness (QED) is 0.717. The van der Waals surface area contributed by atoms with Crippen molar-refractivity contribution in [1.29, 1.82) is 0 Å². The molecule has 0 saturated heterocycles. The van der Waals surface area contributed by atoms with E-state index in [2.05, 4.69) is 74.5 Å². The van der Waals surface area contributed by atoms with Gasteiger partial charge >= 0.3 is 0 Å².